The van der Waals surface area contributed by atoms with Gasteiger partial charge in [0.15, 0.2) is 0 Å². The van der Waals surface area contributed by atoms with E-state index in [1.165, 1.54) is 12.1 Å². The van der Waals surface area contributed by atoms with Crippen molar-refractivity contribution in [2.75, 3.05) is 13.2 Å². The van der Waals surface area contributed by atoms with Gasteiger partial charge in [-0.1, -0.05) is 17.7 Å². The van der Waals surface area contributed by atoms with Gasteiger partial charge in [-0.2, -0.15) is 0 Å². The molecular weight excluding hydrogens is 293 g/mol. The van der Waals surface area contributed by atoms with Crippen LogP contribution in [0.3, 0.4) is 0 Å². The Hall–Kier alpha value is -0.690. The van der Waals surface area contributed by atoms with E-state index in [2.05, 4.69) is 4.72 Å². The van der Waals surface area contributed by atoms with Crippen molar-refractivity contribution < 1.29 is 17.5 Å². The minimum absolute atomic E-state index is 0.0975. The molecule has 1 saturated heterocycles. The van der Waals surface area contributed by atoms with Crippen LogP contribution in [0.5, 0.6) is 0 Å². The first-order valence-corrected chi connectivity index (χ1v) is 7.82. The van der Waals surface area contributed by atoms with Crippen molar-refractivity contribution in [2.45, 2.75) is 24.3 Å². The first-order valence-electron chi connectivity index (χ1n) is 5.96. The largest absolute Gasteiger partial charge is 0.381 e. The summed E-state index contributed by atoms with van der Waals surface area (Å²) in [5.41, 5.74) is 0. The summed E-state index contributed by atoms with van der Waals surface area (Å²) in [6.45, 7) is 2.87. The zero-order valence-electron chi connectivity index (χ0n) is 10.4. The third kappa shape index (κ3) is 3.25. The van der Waals surface area contributed by atoms with Crippen molar-refractivity contribution >= 4 is 21.6 Å². The van der Waals surface area contributed by atoms with E-state index in [9.17, 15) is 12.8 Å². The van der Waals surface area contributed by atoms with Crippen LogP contribution in [0.1, 0.15) is 13.3 Å². The highest BCUT2D eigenvalue weighted by molar-refractivity contribution is 7.89. The molecule has 0 radical (unpaired) electrons. The second-order valence-electron chi connectivity index (χ2n) is 4.58. The summed E-state index contributed by atoms with van der Waals surface area (Å²) in [6.07, 6.45) is 0.786. The minimum atomic E-state index is -3.97. The molecule has 1 aromatic carbocycles. The SMILES string of the molecule is C[C@H](NS(=O)(=O)c1c(F)cccc1Cl)[C@@H]1CCOC1. The maximum absolute atomic E-state index is 13.6. The van der Waals surface area contributed by atoms with Crippen molar-refractivity contribution in [3.05, 3.63) is 29.0 Å². The first-order chi connectivity index (χ1) is 8.92. The Morgan fingerprint density at radius 1 is 1.53 bits per heavy atom. The van der Waals surface area contributed by atoms with Crippen molar-refractivity contribution in [3.63, 3.8) is 0 Å². The number of sulfonamides is 1. The van der Waals surface area contributed by atoms with Gasteiger partial charge in [0.2, 0.25) is 10.0 Å². The molecule has 2 atom stereocenters. The van der Waals surface area contributed by atoms with Crippen LogP contribution in [0.2, 0.25) is 5.02 Å². The van der Waals surface area contributed by atoms with E-state index >= 15 is 0 Å². The number of hydrogen-bond donors (Lipinski definition) is 1. The highest BCUT2D eigenvalue weighted by Crippen LogP contribution is 2.25. The molecule has 0 amide bonds. The third-order valence-corrected chi connectivity index (χ3v) is 5.26. The van der Waals surface area contributed by atoms with Gasteiger partial charge in [0.25, 0.3) is 0 Å². The highest BCUT2D eigenvalue weighted by atomic mass is 35.5. The number of rotatable bonds is 4. The van der Waals surface area contributed by atoms with Crippen LogP contribution in [0, 0.1) is 11.7 Å². The molecule has 1 aromatic rings. The van der Waals surface area contributed by atoms with Gasteiger partial charge in [0, 0.05) is 18.6 Å². The van der Waals surface area contributed by atoms with Crippen LogP contribution >= 0.6 is 11.6 Å². The third-order valence-electron chi connectivity index (χ3n) is 3.20. The zero-order chi connectivity index (χ0) is 14.0. The molecule has 0 bridgehead atoms. The molecule has 106 valence electrons. The summed E-state index contributed by atoms with van der Waals surface area (Å²) in [5.74, 6) is -0.754. The van der Waals surface area contributed by atoms with Crippen molar-refractivity contribution in [1.82, 2.24) is 4.72 Å². The van der Waals surface area contributed by atoms with E-state index in [0.717, 1.165) is 12.5 Å². The van der Waals surface area contributed by atoms with Gasteiger partial charge in [-0.3, -0.25) is 0 Å². The van der Waals surface area contributed by atoms with E-state index in [4.69, 9.17) is 16.3 Å². The Morgan fingerprint density at radius 2 is 2.26 bits per heavy atom. The van der Waals surface area contributed by atoms with Crippen molar-refractivity contribution in [2.24, 2.45) is 5.92 Å². The van der Waals surface area contributed by atoms with E-state index in [-0.39, 0.29) is 17.0 Å². The smallest absolute Gasteiger partial charge is 0.245 e. The molecule has 1 N–H and O–H groups in total. The monoisotopic (exact) mass is 307 g/mol. The van der Waals surface area contributed by atoms with Gasteiger partial charge in [0.05, 0.1) is 11.6 Å². The summed E-state index contributed by atoms with van der Waals surface area (Å²) in [4.78, 5) is -0.498. The lowest BCUT2D eigenvalue weighted by Gasteiger charge is -2.19. The second-order valence-corrected chi connectivity index (χ2v) is 6.64. The average Bonchev–Trinajstić information content (AvgIpc) is 2.80. The van der Waals surface area contributed by atoms with E-state index in [1.54, 1.807) is 6.92 Å². The maximum atomic E-state index is 13.6. The van der Waals surface area contributed by atoms with E-state index in [0.29, 0.717) is 13.2 Å². The fourth-order valence-electron chi connectivity index (χ4n) is 2.09. The highest BCUT2D eigenvalue weighted by Gasteiger charge is 2.29. The Morgan fingerprint density at radius 3 is 2.84 bits per heavy atom. The molecule has 7 heteroatoms. The quantitative estimate of drug-likeness (QED) is 0.927. The molecule has 0 saturated carbocycles. The number of nitrogens with one attached hydrogen (secondary N) is 1. The molecule has 0 aliphatic carbocycles. The van der Waals surface area contributed by atoms with E-state index < -0.39 is 20.7 Å². The van der Waals surface area contributed by atoms with E-state index in [1.807, 2.05) is 0 Å². The molecule has 4 nitrogen and oxygen atoms in total. The normalized spacial score (nSPS) is 21.5. The van der Waals surface area contributed by atoms with Gasteiger partial charge in [-0.05, 0) is 25.5 Å². The molecular formula is C12H15ClFNO3S. The second kappa shape index (κ2) is 5.75. The summed E-state index contributed by atoms with van der Waals surface area (Å²) in [6, 6.07) is 3.46. The molecule has 0 unspecified atom stereocenters. The lowest BCUT2D eigenvalue weighted by molar-refractivity contribution is 0.180. The average molecular weight is 308 g/mol. The van der Waals surface area contributed by atoms with Crippen LogP contribution in [0.15, 0.2) is 23.1 Å². The molecule has 19 heavy (non-hydrogen) atoms. The standard InChI is InChI=1S/C12H15ClFNO3S/c1-8(9-5-6-18-7-9)15-19(16,17)12-10(13)3-2-4-11(12)14/h2-4,8-9,15H,5-7H2,1H3/t8-,9+/m0/s1. The van der Waals surface area contributed by atoms with Crippen LogP contribution in [0.4, 0.5) is 4.39 Å². The Kier molecular flexibility index (Phi) is 4.45. The fourth-order valence-corrected chi connectivity index (χ4v) is 4.00. The Bertz CT molecular complexity index is 538. The number of halogens is 2. The van der Waals surface area contributed by atoms with Crippen LogP contribution < -0.4 is 4.72 Å². The Labute approximate surface area is 117 Å². The van der Waals surface area contributed by atoms with Crippen molar-refractivity contribution in [3.8, 4) is 0 Å². The predicted molar refractivity (Wildman–Crippen MR) is 70.1 cm³/mol. The van der Waals surface area contributed by atoms with Gasteiger partial charge in [0.1, 0.15) is 10.7 Å². The zero-order valence-corrected chi connectivity index (χ0v) is 12.0. The maximum Gasteiger partial charge on any atom is 0.245 e. The molecule has 0 spiro atoms. The fraction of sp³-hybridized carbons (Fsp3) is 0.500. The molecule has 1 heterocycles. The summed E-state index contributed by atoms with van der Waals surface area (Å²) in [7, 11) is -3.97. The topological polar surface area (TPSA) is 55.4 Å². The summed E-state index contributed by atoms with van der Waals surface area (Å²) in [5, 5.41) is -0.123. The summed E-state index contributed by atoms with van der Waals surface area (Å²) < 4.78 is 45.6. The number of benzene rings is 1. The van der Waals surface area contributed by atoms with Crippen molar-refractivity contribution in [1.29, 1.82) is 0 Å². The van der Waals surface area contributed by atoms with Crippen LogP contribution in [-0.2, 0) is 14.8 Å². The minimum Gasteiger partial charge on any atom is -0.381 e. The molecule has 1 fully saturated rings. The van der Waals surface area contributed by atoms with Gasteiger partial charge < -0.3 is 4.74 Å². The molecule has 1 aliphatic heterocycles. The molecule has 2 rings (SSSR count). The lowest BCUT2D eigenvalue weighted by atomic mass is 10.0. The van der Waals surface area contributed by atoms with Crippen LogP contribution in [-0.4, -0.2) is 27.7 Å². The number of hydrogen-bond acceptors (Lipinski definition) is 3. The summed E-state index contributed by atoms with van der Waals surface area (Å²) >= 11 is 5.77. The Balaban J connectivity index is 2.22. The molecule has 0 aromatic heterocycles. The van der Waals surface area contributed by atoms with Crippen LogP contribution in [0.25, 0.3) is 0 Å². The lowest BCUT2D eigenvalue weighted by Crippen LogP contribution is -2.38. The molecule has 1 aliphatic rings. The predicted octanol–water partition coefficient (Wildman–Crippen LogP) is 2.18. The van der Waals surface area contributed by atoms with Gasteiger partial charge in [-0.25, -0.2) is 17.5 Å². The van der Waals surface area contributed by atoms with Gasteiger partial charge >= 0.3 is 0 Å². The first kappa shape index (κ1) is 14.7. The number of ether oxygens (including phenoxy) is 1. The van der Waals surface area contributed by atoms with Gasteiger partial charge in [-0.15, -0.1) is 0 Å².